The second kappa shape index (κ2) is 8.11. The smallest absolute Gasteiger partial charge is 0.343 e. The Hall–Kier alpha value is -2.04. The van der Waals surface area contributed by atoms with E-state index in [1.165, 1.54) is 0 Å². The van der Waals surface area contributed by atoms with Crippen molar-refractivity contribution < 1.29 is 24.4 Å². The second-order valence-corrected chi connectivity index (χ2v) is 3.50. The molecule has 0 radical (unpaired) electrons. The third-order valence-electron chi connectivity index (χ3n) is 1.99. The zero-order valence-corrected chi connectivity index (χ0v) is 10.6. The molecule has 0 saturated heterocycles. The summed E-state index contributed by atoms with van der Waals surface area (Å²) in [5, 5.41) is 10.6. The maximum absolute atomic E-state index is 11.2. The van der Waals surface area contributed by atoms with Gasteiger partial charge >= 0.3 is 5.97 Å². The van der Waals surface area contributed by atoms with E-state index in [0.717, 1.165) is 13.2 Å². The lowest BCUT2D eigenvalue weighted by atomic mass is 10.1. The van der Waals surface area contributed by atoms with Crippen LogP contribution >= 0.6 is 0 Å². The Balaban J connectivity index is 0.000000873. The van der Waals surface area contributed by atoms with Crippen LogP contribution in [0.3, 0.4) is 0 Å². The van der Waals surface area contributed by atoms with Crippen molar-refractivity contribution in [2.24, 2.45) is 0 Å². The molecular weight excluding hydrogens is 236 g/mol. The fourth-order valence-electron chi connectivity index (χ4n) is 1.20. The van der Waals surface area contributed by atoms with Gasteiger partial charge in [0.1, 0.15) is 0 Å². The lowest BCUT2D eigenvalue weighted by Crippen LogP contribution is -2.74. The van der Waals surface area contributed by atoms with Gasteiger partial charge in [0.25, 0.3) is 0 Å². The Kier molecular flexibility index (Phi) is 7.19. The van der Waals surface area contributed by atoms with Crippen molar-refractivity contribution in [1.82, 2.24) is 0 Å². The number of nitrogens with zero attached hydrogens (tertiary/aromatic N) is 1. The van der Waals surface area contributed by atoms with Crippen LogP contribution in [0.1, 0.15) is 12.8 Å². The summed E-state index contributed by atoms with van der Waals surface area (Å²) in [4.78, 5) is 33.4. The van der Waals surface area contributed by atoms with Crippen molar-refractivity contribution in [3.05, 3.63) is 22.6 Å². The summed E-state index contributed by atoms with van der Waals surface area (Å²) in [6, 6.07) is 0. The normalized spacial score (nSPS) is 13.4. The van der Waals surface area contributed by atoms with Gasteiger partial charge in [-0.05, 0) is 6.08 Å². The van der Waals surface area contributed by atoms with E-state index in [9.17, 15) is 14.4 Å². The molecule has 18 heavy (non-hydrogen) atoms. The van der Waals surface area contributed by atoms with Crippen LogP contribution in [-0.4, -0.2) is 44.6 Å². The molecular formula is C12H16N2O4. The first-order valence-corrected chi connectivity index (χ1v) is 5.39. The number of carbonyl (C=O) groups is 3. The molecule has 0 unspecified atom stereocenters. The van der Waals surface area contributed by atoms with Gasteiger partial charge in [-0.3, -0.25) is 15.5 Å². The summed E-state index contributed by atoms with van der Waals surface area (Å²) in [5.74, 6) is 0.0596. The number of hydrogen-bond acceptors (Lipinski definition) is 4. The summed E-state index contributed by atoms with van der Waals surface area (Å²) in [7, 11) is 5.12. The van der Waals surface area contributed by atoms with E-state index in [-0.39, 0.29) is 35.6 Å². The Morgan fingerprint density at radius 1 is 1.33 bits per heavy atom. The number of allylic oxidation sites excluding steroid dienone is 1. The number of ketones is 2. The molecule has 0 aromatic carbocycles. The maximum atomic E-state index is 11.2. The number of hydrogen-bond donors (Lipinski definition) is 1. The minimum atomic E-state index is -0.850. The highest BCUT2D eigenvalue weighted by Gasteiger charge is 2.26. The summed E-state index contributed by atoms with van der Waals surface area (Å²) < 4.78 is 4.32. The van der Waals surface area contributed by atoms with Crippen molar-refractivity contribution in [2.45, 2.75) is 12.8 Å². The second-order valence-electron chi connectivity index (χ2n) is 3.50. The van der Waals surface area contributed by atoms with E-state index >= 15 is 0 Å². The Morgan fingerprint density at radius 2 is 1.78 bits per heavy atom. The van der Waals surface area contributed by atoms with Crippen LogP contribution < -0.4 is 5.32 Å². The Morgan fingerprint density at radius 3 is 2.11 bits per heavy atom. The standard InChI is InChI=1S/C10H8NO4.C2H7N/c1-15-10(14)6(5-11)4-7-8(12)2-3-9(7)13;1-3-2/h4H,2-3H2,1H3;3H,1-2H3/q-1;/p+1. The maximum Gasteiger partial charge on any atom is 0.343 e. The third-order valence-corrected chi connectivity index (χ3v) is 1.99. The predicted octanol–water partition coefficient (Wildman–Crippen LogP) is -1.01. The first-order chi connectivity index (χ1) is 8.51. The first-order valence-electron chi connectivity index (χ1n) is 5.39. The molecule has 0 heterocycles. The van der Waals surface area contributed by atoms with Gasteiger partial charge < -0.3 is 15.5 Å². The molecule has 0 amide bonds. The average molecular weight is 252 g/mol. The van der Waals surface area contributed by atoms with Gasteiger partial charge in [0.05, 0.1) is 32.4 Å². The van der Waals surface area contributed by atoms with Crippen LogP contribution in [0.15, 0.2) is 17.2 Å². The molecule has 1 saturated carbocycles. The highest BCUT2D eigenvalue weighted by Crippen LogP contribution is 2.18. The number of Topliss-reactive ketones (excluding diaryl/α,β-unsaturated/α-hetero) is 2. The fourth-order valence-corrected chi connectivity index (χ4v) is 1.20. The molecule has 1 fully saturated rings. The molecule has 1 rings (SSSR count). The van der Waals surface area contributed by atoms with E-state index in [1.807, 2.05) is 19.4 Å². The molecule has 2 N–H and O–H groups in total. The number of methoxy groups -OCH3 is 1. The topological polar surface area (TPSA) is 99.4 Å². The van der Waals surface area contributed by atoms with E-state index in [4.69, 9.17) is 5.41 Å². The Labute approximate surface area is 105 Å². The lowest BCUT2D eigenvalue weighted by Gasteiger charge is -1.99. The minimum absolute atomic E-state index is 0.0862. The van der Waals surface area contributed by atoms with Crippen LogP contribution in [0.2, 0.25) is 0 Å². The number of carbonyl (C=O) groups excluding carboxylic acids is 3. The van der Waals surface area contributed by atoms with Crippen molar-refractivity contribution >= 4 is 23.4 Å². The highest BCUT2D eigenvalue weighted by molar-refractivity contribution is 6.26. The average Bonchev–Trinajstić information content (AvgIpc) is 2.66. The number of quaternary nitrogens is 1. The summed E-state index contributed by atoms with van der Waals surface area (Å²) in [5.41, 5.74) is -0.423. The first kappa shape index (κ1) is 16.0. The molecule has 0 atom stereocenters. The lowest BCUT2D eigenvalue weighted by molar-refractivity contribution is -0.597. The molecule has 0 bridgehead atoms. The van der Waals surface area contributed by atoms with Gasteiger partial charge in [-0.1, -0.05) is 0 Å². The molecule has 1 aliphatic carbocycles. The zero-order chi connectivity index (χ0) is 14.1. The SMILES string of the molecule is COC(=O)C(=C=[N-])C=C1C(=O)CCC1=O.C[NH2+]C. The molecule has 98 valence electrons. The van der Waals surface area contributed by atoms with Crippen LogP contribution in [0.5, 0.6) is 0 Å². The van der Waals surface area contributed by atoms with Crippen molar-refractivity contribution in [3.63, 3.8) is 0 Å². The third kappa shape index (κ3) is 4.45. The van der Waals surface area contributed by atoms with Crippen LogP contribution in [0.25, 0.3) is 5.41 Å². The minimum Gasteiger partial charge on any atom is -0.763 e. The molecule has 0 aliphatic heterocycles. The van der Waals surface area contributed by atoms with Gasteiger partial charge in [0, 0.05) is 12.8 Å². The van der Waals surface area contributed by atoms with Gasteiger partial charge in [0.2, 0.25) is 0 Å². The largest absolute Gasteiger partial charge is 0.763 e. The van der Waals surface area contributed by atoms with Crippen LogP contribution in [0, 0.1) is 0 Å². The highest BCUT2D eigenvalue weighted by atomic mass is 16.5. The van der Waals surface area contributed by atoms with E-state index in [1.54, 1.807) is 5.87 Å². The summed E-state index contributed by atoms with van der Waals surface area (Å²) >= 11 is 0. The van der Waals surface area contributed by atoms with Gasteiger partial charge in [-0.15, -0.1) is 0 Å². The molecule has 6 nitrogen and oxygen atoms in total. The fraction of sp³-hybridized carbons (Fsp3) is 0.417. The monoisotopic (exact) mass is 252 g/mol. The van der Waals surface area contributed by atoms with Gasteiger partial charge in [-0.2, -0.15) is 0 Å². The molecule has 6 heteroatoms. The van der Waals surface area contributed by atoms with Crippen LogP contribution in [-0.2, 0) is 19.1 Å². The van der Waals surface area contributed by atoms with E-state index in [2.05, 4.69) is 4.74 Å². The number of ether oxygens (including phenoxy) is 1. The van der Waals surface area contributed by atoms with E-state index < -0.39 is 5.97 Å². The van der Waals surface area contributed by atoms with Crippen LogP contribution in [0.4, 0.5) is 0 Å². The quantitative estimate of drug-likeness (QED) is 0.294. The molecule has 1 aliphatic rings. The summed E-state index contributed by atoms with van der Waals surface area (Å²) in [6.07, 6.45) is 1.29. The predicted molar refractivity (Wildman–Crippen MR) is 65.0 cm³/mol. The van der Waals surface area contributed by atoms with Crippen molar-refractivity contribution in [3.8, 4) is 0 Å². The van der Waals surface area contributed by atoms with Crippen molar-refractivity contribution in [1.29, 1.82) is 0 Å². The van der Waals surface area contributed by atoms with Gasteiger partial charge in [-0.25, -0.2) is 4.79 Å². The number of esters is 1. The molecule has 0 aromatic heterocycles. The number of rotatable bonds is 2. The van der Waals surface area contributed by atoms with Gasteiger partial charge in [0.15, 0.2) is 11.6 Å². The summed E-state index contributed by atoms with van der Waals surface area (Å²) in [6.45, 7) is 0. The Bertz CT molecular complexity index is 413. The van der Waals surface area contributed by atoms with Crippen molar-refractivity contribution in [2.75, 3.05) is 21.2 Å². The molecule has 0 spiro atoms. The molecule has 0 aromatic rings. The van der Waals surface area contributed by atoms with E-state index in [0.29, 0.717) is 0 Å². The number of nitrogens with two attached hydrogens (primary N) is 1. The zero-order valence-electron chi connectivity index (χ0n) is 10.6.